The number of rotatable bonds is 3. The van der Waals surface area contributed by atoms with Crippen LogP contribution in [0.5, 0.6) is 0 Å². The number of allylic oxidation sites excluding steroid dienone is 1. The number of nitrogens with two attached hydrogens (primary N) is 1. The SMILES string of the molecule is C=CCc1cccc(Br)c1C(N)=O. The third-order valence-corrected chi connectivity index (χ3v) is 2.37. The molecule has 1 rings (SSSR count). The summed E-state index contributed by atoms with van der Waals surface area (Å²) in [5, 5.41) is 0. The Labute approximate surface area is 85.6 Å². The normalized spacial score (nSPS) is 9.62. The van der Waals surface area contributed by atoms with E-state index in [0.717, 1.165) is 10.0 Å². The van der Waals surface area contributed by atoms with Gasteiger partial charge >= 0.3 is 0 Å². The lowest BCUT2D eigenvalue weighted by atomic mass is 10.0. The Morgan fingerprint density at radius 3 is 2.85 bits per heavy atom. The first-order valence-electron chi connectivity index (χ1n) is 3.85. The van der Waals surface area contributed by atoms with Gasteiger partial charge in [0.05, 0.1) is 5.56 Å². The first kappa shape index (κ1) is 9.99. The second-order valence-electron chi connectivity index (χ2n) is 2.63. The van der Waals surface area contributed by atoms with E-state index in [0.29, 0.717) is 12.0 Å². The Hall–Kier alpha value is -1.09. The van der Waals surface area contributed by atoms with Gasteiger partial charge in [0.25, 0.3) is 0 Å². The van der Waals surface area contributed by atoms with Crippen LogP contribution in [0.25, 0.3) is 0 Å². The van der Waals surface area contributed by atoms with Gasteiger partial charge in [0.15, 0.2) is 0 Å². The number of primary amides is 1. The van der Waals surface area contributed by atoms with Crippen molar-refractivity contribution in [2.75, 3.05) is 0 Å². The summed E-state index contributed by atoms with van der Waals surface area (Å²) in [4.78, 5) is 11.1. The number of benzene rings is 1. The molecule has 2 N–H and O–H groups in total. The van der Waals surface area contributed by atoms with Crippen molar-refractivity contribution in [3.63, 3.8) is 0 Å². The van der Waals surface area contributed by atoms with E-state index < -0.39 is 5.91 Å². The van der Waals surface area contributed by atoms with Crippen molar-refractivity contribution in [3.05, 3.63) is 46.5 Å². The molecule has 13 heavy (non-hydrogen) atoms. The molecule has 1 amide bonds. The van der Waals surface area contributed by atoms with Gasteiger partial charge in [-0.05, 0) is 34.0 Å². The summed E-state index contributed by atoms with van der Waals surface area (Å²) in [6.45, 7) is 3.62. The smallest absolute Gasteiger partial charge is 0.250 e. The van der Waals surface area contributed by atoms with Crippen molar-refractivity contribution in [3.8, 4) is 0 Å². The third-order valence-electron chi connectivity index (χ3n) is 1.71. The van der Waals surface area contributed by atoms with E-state index in [9.17, 15) is 4.79 Å². The molecule has 68 valence electrons. The van der Waals surface area contributed by atoms with Crippen molar-refractivity contribution in [1.82, 2.24) is 0 Å². The predicted molar refractivity (Wildman–Crippen MR) is 56.6 cm³/mol. The first-order chi connectivity index (χ1) is 6.16. The molecule has 0 aliphatic carbocycles. The predicted octanol–water partition coefficient (Wildman–Crippen LogP) is 2.28. The van der Waals surface area contributed by atoms with E-state index in [2.05, 4.69) is 22.5 Å². The number of carbonyl (C=O) groups is 1. The van der Waals surface area contributed by atoms with Crippen LogP contribution in [0.4, 0.5) is 0 Å². The lowest BCUT2D eigenvalue weighted by molar-refractivity contribution is 0.0999. The Kier molecular flexibility index (Phi) is 3.25. The molecule has 0 radical (unpaired) electrons. The lowest BCUT2D eigenvalue weighted by Crippen LogP contribution is -2.14. The van der Waals surface area contributed by atoms with Crippen molar-refractivity contribution in [1.29, 1.82) is 0 Å². The average Bonchev–Trinajstić information content (AvgIpc) is 2.04. The fourth-order valence-corrected chi connectivity index (χ4v) is 1.77. The van der Waals surface area contributed by atoms with Crippen LogP contribution >= 0.6 is 15.9 Å². The second-order valence-corrected chi connectivity index (χ2v) is 3.49. The summed E-state index contributed by atoms with van der Waals surface area (Å²) in [7, 11) is 0. The van der Waals surface area contributed by atoms with Crippen LogP contribution in [0.15, 0.2) is 35.3 Å². The quantitative estimate of drug-likeness (QED) is 0.809. The van der Waals surface area contributed by atoms with Gasteiger partial charge in [-0.2, -0.15) is 0 Å². The van der Waals surface area contributed by atoms with Gasteiger partial charge in [0, 0.05) is 4.47 Å². The maximum absolute atomic E-state index is 11.1. The van der Waals surface area contributed by atoms with Gasteiger partial charge in [0.1, 0.15) is 0 Å². The minimum absolute atomic E-state index is 0.413. The van der Waals surface area contributed by atoms with Crippen LogP contribution in [-0.2, 0) is 6.42 Å². The van der Waals surface area contributed by atoms with E-state index >= 15 is 0 Å². The molecule has 0 fully saturated rings. The van der Waals surface area contributed by atoms with Crippen molar-refractivity contribution >= 4 is 21.8 Å². The molecular formula is C10H10BrNO. The summed E-state index contributed by atoms with van der Waals surface area (Å²) in [6, 6.07) is 5.54. The number of amides is 1. The Morgan fingerprint density at radius 1 is 1.62 bits per heavy atom. The third kappa shape index (κ3) is 2.18. The molecule has 1 aromatic rings. The largest absolute Gasteiger partial charge is 0.366 e. The van der Waals surface area contributed by atoms with E-state index in [1.165, 1.54) is 0 Å². The molecule has 0 atom stereocenters. The standard InChI is InChI=1S/C10H10BrNO/c1-2-4-7-5-3-6-8(11)9(7)10(12)13/h2-3,5-6H,1,4H2,(H2,12,13). The molecule has 0 bridgehead atoms. The summed E-state index contributed by atoms with van der Waals surface area (Å²) < 4.78 is 0.736. The van der Waals surface area contributed by atoms with Gasteiger partial charge in [-0.15, -0.1) is 6.58 Å². The molecule has 0 saturated carbocycles. The monoisotopic (exact) mass is 239 g/mol. The Morgan fingerprint density at radius 2 is 2.31 bits per heavy atom. The van der Waals surface area contributed by atoms with E-state index in [1.807, 2.05) is 12.1 Å². The Balaban J connectivity index is 3.25. The molecule has 0 aliphatic rings. The summed E-state index contributed by atoms with van der Waals surface area (Å²) >= 11 is 3.28. The minimum atomic E-state index is -0.413. The van der Waals surface area contributed by atoms with Gasteiger partial charge in [-0.25, -0.2) is 0 Å². The highest BCUT2D eigenvalue weighted by molar-refractivity contribution is 9.10. The Bertz CT molecular complexity index is 347. The van der Waals surface area contributed by atoms with Gasteiger partial charge in [0.2, 0.25) is 5.91 Å². The maximum atomic E-state index is 11.1. The molecule has 0 heterocycles. The fraction of sp³-hybridized carbons (Fsp3) is 0.100. The van der Waals surface area contributed by atoms with E-state index in [-0.39, 0.29) is 0 Å². The van der Waals surface area contributed by atoms with Crippen LogP contribution in [0, 0.1) is 0 Å². The van der Waals surface area contributed by atoms with Crippen LogP contribution in [0.1, 0.15) is 15.9 Å². The number of hydrogen-bond donors (Lipinski definition) is 1. The van der Waals surface area contributed by atoms with E-state index in [4.69, 9.17) is 5.73 Å². The lowest BCUT2D eigenvalue weighted by Gasteiger charge is -2.05. The molecule has 0 aliphatic heterocycles. The van der Waals surface area contributed by atoms with Crippen molar-refractivity contribution in [2.45, 2.75) is 6.42 Å². The molecule has 0 unspecified atom stereocenters. The number of hydrogen-bond acceptors (Lipinski definition) is 1. The highest BCUT2D eigenvalue weighted by Gasteiger charge is 2.10. The first-order valence-corrected chi connectivity index (χ1v) is 4.64. The molecule has 0 aromatic heterocycles. The molecule has 0 spiro atoms. The zero-order chi connectivity index (χ0) is 9.84. The van der Waals surface area contributed by atoms with Gasteiger partial charge in [-0.1, -0.05) is 18.2 Å². The zero-order valence-electron chi connectivity index (χ0n) is 7.09. The second kappa shape index (κ2) is 4.23. The maximum Gasteiger partial charge on any atom is 0.250 e. The summed E-state index contributed by atoms with van der Waals surface area (Å²) in [5.41, 5.74) is 6.69. The molecule has 1 aromatic carbocycles. The average molecular weight is 240 g/mol. The van der Waals surface area contributed by atoms with Crippen LogP contribution < -0.4 is 5.73 Å². The molecule has 2 nitrogen and oxygen atoms in total. The molecule has 0 saturated heterocycles. The fourth-order valence-electron chi connectivity index (χ4n) is 1.17. The van der Waals surface area contributed by atoms with Gasteiger partial charge < -0.3 is 5.73 Å². The van der Waals surface area contributed by atoms with Crippen molar-refractivity contribution in [2.24, 2.45) is 5.73 Å². The topological polar surface area (TPSA) is 43.1 Å². The molecule has 3 heteroatoms. The highest BCUT2D eigenvalue weighted by Crippen LogP contribution is 2.20. The molecular weight excluding hydrogens is 230 g/mol. The zero-order valence-corrected chi connectivity index (χ0v) is 8.67. The van der Waals surface area contributed by atoms with Crippen LogP contribution in [0.3, 0.4) is 0 Å². The number of carbonyl (C=O) groups excluding carboxylic acids is 1. The van der Waals surface area contributed by atoms with Crippen LogP contribution in [-0.4, -0.2) is 5.91 Å². The van der Waals surface area contributed by atoms with Crippen molar-refractivity contribution < 1.29 is 4.79 Å². The van der Waals surface area contributed by atoms with E-state index in [1.54, 1.807) is 12.1 Å². The summed E-state index contributed by atoms with van der Waals surface area (Å²) in [6.07, 6.45) is 2.39. The highest BCUT2D eigenvalue weighted by atomic mass is 79.9. The number of halogens is 1. The minimum Gasteiger partial charge on any atom is -0.366 e. The van der Waals surface area contributed by atoms with Gasteiger partial charge in [-0.3, -0.25) is 4.79 Å². The van der Waals surface area contributed by atoms with Crippen LogP contribution in [0.2, 0.25) is 0 Å². The summed E-state index contributed by atoms with van der Waals surface area (Å²) in [5.74, 6) is -0.413.